The molecule has 0 aromatic carbocycles. The zero-order valence-electron chi connectivity index (χ0n) is 8.07. The van der Waals surface area contributed by atoms with Gasteiger partial charge in [-0.1, -0.05) is 0 Å². The number of hydrogen-bond acceptors (Lipinski definition) is 4. The molecule has 0 aromatic rings. The van der Waals surface area contributed by atoms with E-state index < -0.39 is 21.0 Å². The topological polar surface area (TPSA) is 89.3 Å². The lowest BCUT2D eigenvalue weighted by Crippen LogP contribution is -2.42. The fourth-order valence-electron chi connectivity index (χ4n) is 0.600. The van der Waals surface area contributed by atoms with Crippen LogP contribution in [0.4, 0.5) is 0 Å². The maximum absolute atomic E-state index is 11.1. The molecule has 78 valence electrons. The Kier molecular flexibility index (Phi) is 4.35. The molecule has 2 atom stereocenters. The third kappa shape index (κ3) is 4.84. The zero-order chi connectivity index (χ0) is 10.6. The first-order valence-corrected chi connectivity index (χ1v) is 5.92. The molecule has 2 unspecified atom stereocenters. The van der Waals surface area contributed by atoms with E-state index in [1.165, 1.54) is 6.92 Å². The van der Waals surface area contributed by atoms with Gasteiger partial charge in [0.1, 0.15) is 5.25 Å². The van der Waals surface area contributed by atoms with Crippen molar-refractivity contribution in [1.29, 1.82) is 0 Å². The Morgan fingerprint density at radius 3 is 2.23 bits per heavy atom. The standard InChI is InChI=1S/C7H16N2O3S/c1-5(8)4-9-7(10)6(2)13(3,11)12/h5-6H,4,8H2,1-3H3,(H,9,10). The molecule has 0 radical (unpaired) electrons. The van der Waals surface area contributed by atoms with Gasteiger partial charge >= 0.3 is 0 Å². The summed E-state index contributed by atoms with van der Waals surface area (Å²) in [6.07, 6.45) is 1.03. The van der Waals surface area contributed by atoms with E-state index in [0.29, 0.717) is 6.54 Å². The van der Waals surface area contributed by atoms with Gasteiger partial charge in [0.05, 0.1) is 0 Å². The van der Waals surface area contributed by atoms with Crippen LogP contribution in [-0.4, -0.2) is 38.4 Å². The normalized spacial score (nSPS) is 16.3. The van der Waals surface area contributed by atoms with Gasteiger partial charge < -0.3 is 11.1 Å². The van der Waals surface area contributed by atoms with Crippen LogP contribution >= 0.6 is 0 Å². The summed E-state index contributed by atoms with van der Waals surface area (Å²) in [5, 5.41) is 1.44. The Labute approximate surface area is 78.6 Å². The number of nitrogens with two attached hydrogens (primary N) is 1. The summed E-state index contributed by atoms with van der Waals surface area (Å²) in [5.41, 5.74) is 5.39. The monoisotopic (exact) mass is 208 g/mol. The van der Waals surface area contributed by atoms with Crippen molar-refractivity contribution in [3.05, 3.63) is 0 Å². The first-order valence-electron chi connectivity index (χ1n) is 3.97. The molecule has 13 heavy (non-hydrogen) atoms. The summed E-state index contributed by atoms with van der Waals surface area (Å²) >= 11 is 0. The van der Waals surface area contributed by atoms with Crippen molar-refractivity contribution < 1.29 is 13.2 Å². The van der Waals surface area contributed by atoms with E-state index in [1.807, 2.05) is 0 Å². The third-order valence-electron chi connectivity index (χ3n) is 1.61. The van der Waals surface area contributed by atoms with Gasteiger partial charge in [0.2, 0.25) is 5.91 Å². The van der Waals surface area contributed by atoms with Gasteiger partial charge in [-0.3, -0.25) is 4.79 Å². The SMILES string of the molecule is CC(N)CNC(=O)C(C)S(C)(=O)=O. The van der Waals surface area contributed by atoms with Gasteiger partial charge in [0, 0.05) is 18.8 Å². The highest BCUT2D eigenvalue weighted by Crippen LogP contribution is 1.96. The number of nitrogens with one attached hydrogen (secondary N) is 1. The maximum Gasteiger partial charge on any atom is 0.238 e. The van der Waals surface area contributed by atoms with Gasteiger partial charge in [0.25, 0.3) is 0 Å². The summed E-state index contributed by atoms with van der Waals surface area (Å²) < 4.78 is 21.9. The molecular weight excluding hydrogens is 192 g/mol. The van der Waals surface area contributed by atoms with Crippen molar-refractivity contribution in [1.82, 2.24) is 5.32 Å². The molecule has 0 aliphatic heterocycles. The second-order valence-electron chi connectivity index (χ2n) is 3.19. The Morgan fingerprint density at radius 2 is 1.92 bits per heavy atom. The van der Waals surface area contributed by atoms with Crippen molar-refractivity contribution in [2.75, 3.05) is 12.8 Å². The fourth-order valence-corrected chi connectivity index (χ4v) is 1.07. The number of carbonyl (C=O) groups excluding carboxylic acids is 1. The molecule has 6 heteroatoms. The van der Waals surface area contributed by atoms with Crippen LogP contribution in [0.2, 0.25) is 0 Å². The van der Waals surface area contributed by atoms with Crippen LogP contribution < -0.4 is 11.1 Å². The lowest BCUT2D eigenvalue weighted by molar-refractivity contribution is -0.120. The molecule has 0 saturated heterocycles. The molecule has 0 aliphatic carbocycles. The molecule has 0 fully saturated rings. The summed E-state index contributed by atoms with van der Waals surface area (Å²) in [6.45, 7) is 3.37. The number of hydrogen-bond donors (Lipinski definition) is 2. The van der Waals surface area contributed by atoms with Gasteiger partial charge in [-0.15, -0.1) is 0 Å². The van der Waals surface area contributed by atoms with Crippen molar-refractivity contribution in [3.63, 3.8) is 0 Å². The van der Waals surface area contributed by atoms with Crippen molar-refractivity contribution in [3.8, 4) is 0 Å². The van der Waals surface area contributed by atoms with Crippen LogP contribution in [0.3, 0.4) is 0 Å². The maximum atomic E-state index is 11.1. The highest BCUT2D eigenvalue weighted by molar-refractivity contribution is 7.92. The van der Waals surface area contributed by atoms with E-state index in [2.05, 4.69) is 5.32 Å². The summed E-state index contributed by atoms with van der Waals surface area (Å²) in [4.78, 5) is 11.1. The molecule has 0 aromatic heterocycles. The molecule has 3 N–H and O–H groups in total. The highest BCUT2D eigenvalue weighted by Gasteiger charge is 2.22. The number of sulfone groups is 1. The molecule has 0 heterocycles. The molecule has 0 bridgehead atoms. The third-order valence-corrected chi connectivity index (χ3v) is 3.11. The number of carbonyl (C=O) groups is 1. The smallest absolute Gasteiger partial charge is 0.238 e. The van der Waals surface area contributed by atoms with Gasteiger partial charge in [-0.2, -0.15) is 0 Å². The van der Waals surface area contributed by atoms with E-state index in [0.717, 1.165) is 6.26 Å². The molecule has 0 saturated carbocycles. The van der Waals surface area contributed by atoms with Crippen LogP contribution in [0.25, 0.3) is 0 Å². The molecule has 5 nitrogen and oxygen atoms in total. The minimum absolute atomic E-state index is 0.171. The second kappa shape index (κ2) is 4.57. The summed E-state index contributed by atoms with van der Waals surface area (Å²) in [6, 6.07) is -0.171. The van der Waals surface area contributed by atoms with Crippen molar-refractivity contribution >= 4 is 15.7 Å². The molecule has 0 rings (SSSR count). The van der Waals surface area contributed by atoms with Crippen LogP contribution in [-0.2, 0) is 14.6 Å². The van der Waals surface area contributed by atoms with E-state index in [-0.39, 0.29) is 6.04 Å². The van der Waals surface area contributed by atoms with Gasteiger partial charge in [0.15, 0.2) is 9.84 Å². The van der Waals surface area contributed by atoms with E-state index >= 15 is 0 Å². The lowest BCUT2D eigenvalue weighted by Gasteiger charge is -2.11. The van der Waals surface area contributed by atoms with E-state index in [1.54, 1.807) is 6.92 Å². The molecule has 0 aliphatic rings. The van der Waals surface area contributed by atoms with Crippen LogP contribution in [0.1, 0.15) is 13.8 Å². The largest absolute Gasteiger partial charge is 0.353 e. The molecule has 0 spiro atoms. The predicted molar refractivity (Wildman–Crippen MR) is 51.0 cm³/mol. The van der Waals surface area contributed by atoms with Crippen molar-refractivity contribution in [2.45, 2.75) is 25.1 Å². The average Bonchev–Trinajstić information content (AvgIpc) is 1.96. The minimum atomic E-state index is -3.30. The van der Waals surface area contributed by atoms with Gasteiger partial charge in [-0.05, 0) is 13.8 Å². The minimum Gasteiger partial charge on any atom is -0.353 e. The predicted octanol–water partition coefficient (Wildman–Crippen LogP) is -1.12. The first-order chi connectivity index (χ1) is 5.75. The quantitative estimate of drug-likeness (QED) is 0.612. The number of rotatable bonds is 4. The van der Waals surface area contributed by atoms with Crippen LogP contribution in [0.5, 0.6) is 0 Å². The molecule has 1 amide bonds. The Bertz CT molecular complexity index is 271. The Morgan fingerprint density at radius 1 is 1.46 bits per heavy atom. The Balaban J connectivity index is 4.14. The average molecular weight is 208 g/mol. The zero-order valence-corrected chi connectivity index (χ0v) is 8.89. The second-order valence-corrected chi connectivity index (χ2v) is 5.56. The molecular formula is C7H16N2O3S. The lowest BCUT2D eigenvalue weighted by atomic mass is 10.3. The van der Waals surface area contributed by atoms with Crippen LogP contribution in [0, 0.1) is 0 Å². The van der Waals surface area contributed by atoms with Crippen molar-refractivity contribution in [2.24, 2.45) is 5.73 Å². The van der Waals surface area contributed by atoms with Gasteiger partial charge in [-0.25, -0.2) is 8.42 Å². The number of amides is 1. The van der Waals surface area contributed by atoms with E-state index in [9.17, 15) is 13.2 Å². The first kappa shape index (κ1) is 12.4. The van der Waals surface area contributed by atoms with E-state index in [4.69, 9.17) is 5.73 Å². The van der Waals surface area contributed by atoms with Crippen LogP contribution in [0.15, 0.2) is 0 Å². The summed E-state index contributed by atoms with van der Waals surface area (Å²) in [5.74, 6) is -0.500. The fraction of sp³-hybridized carbons (Fsp3) is 0.857. The highest BCUT2D eigenvalue weighted by atomic mass is 32.2. The summed E-state index contributed by atoms with van der Waals surface area (Å²) in [7, 11) is -3.30. The Hall–Kier alpha value is -0.620.